The first-order chi connectivity index (χ1) is 19.8. The lowest BCUT2D eigenvalue weighted by Gasteiger charge is -2.33. The Bertz CT molecular complexity index is 1460. The molecule has 2 N–H and O–H groups in total. The molecule has 0 aliphatic carbocycles. The number of rotatable bonds is 6. The van der Waals surface area contributed by atoms with Gasteiger partial charge in [-0.05, 0) is 48.9 Å². The van der Waals surface area contributed by atoms with Crippen molar-refractivity contribution in [1.29, 1.82) is 0 Å². The van der Waals surface area contributed by atoms with E-state index < -0.39 is 12.4 Å². The number of urea groups is 1. The summed E-state index contributed by atoms with van der Waals surface area (Å²) < 4.78 is 37.9. The lowest BCUT2D eigenvalue weighted by molar-refractivity contribution is -0.137. The van der Waals surface area contributed by atoms with E-state index in [-0.39, 0.29) is 24.2 Å². The highest BCUT2D eigenvalue weighted by atomic mass is 19.3. The number of alkyl halides is 2. The number of hydrogen-bond donors (Lipinski definition) is 2. The molecule has 0 atom stereocenters. The van der Waals surface area contributed by atoms with Crippen molar-refractivity contribution >= 4 is 23.5 Å². The molecule has 218 valence electrons. The van der Waals surface area contributed by atoms with Gasteiger partial charge in [0, 0.05) is 74.0 Å². The Balaban J connectivity index is 1.43. The molecular weight excluding hydrogens is 536 g/mol. The number of hydrogen-bond acceptors (Lipinski definition) is 6. The number of carbonyl (C=O) groups is 2. The number of fused-ring (bicyclic) bond motifs is 2. The lowest BCUT2D eigenvalue weighted by Crippen LogP contribution is -2.42. The molecule has 3 aliphatic rings. The van der Waals surface area contributed by atoms with Crippen molar-refractivity contribution in [1.82, 2.24) is 29.8 Å². The highest BCUT2D eigenvalue weighted by molar-refractivity contribution is 5.78. The van der Waals surface area contributed by atoms with E-state index in [4.69, 9.17) is 14.9 Å². The lowest BCUT2D eigenvalue weighted by atomic mass is 9.92. The predicted molar refractivity (Wildman–Crippen MR) is 145 cm³/mol. The summed E-state index contributed by atoms with van der Waals surface area (Å²) in [6, 6.07) is 3.35. The van der Waals surface area contributed by atoms with Crippen LogP contribution in [0.25, 0.3) is 11.1 Å². The van der Waals surface area contributed by atoms with Crippen LogP contribution in [0.15, 0.2) is 24.5 Å². The van der Waals surface area contributed by atoms with Crippen LogP contribution in [0.1, 0.15) is 54.1 Å². The SMILES string of the molecule is CNC(=O)N1CCc2c(c(N3CCCc4cc(-c5cnn(CC(=O)O)c5)c(C(F)F)cc43)nn2C2CCOCC2)C1. The van der Waals surface area contributed by atoms with E-state index in [1.807, 2.05) is 4.90 Å². The van der Waals surface area contributed by atoms with Gasteiger partial charge >= 0.3 is 12.0 Å². The quantitative estimate of drug-likeness (QED) is 0.462. The third-order valence-corrected chi connectivity index (χ3v) is 8.20. The van der Waals surface area contributed by atoms with Gasteiger partial charge in [0.15, 0.2) is 5.82 Å². The summed E-state index contributed by atoms with van der Waals surface area (Å²) in [5.41, 5.74) is 4.30. The topological polar surface area (TPSA) is 118 Å². The summed E-state index contributed by atoms with van der Waals surface area (Å²) in [5.74, 6) is -0.350. The van der Waals surface area contributed by atoms with Crippen molar-refractivity contribution in [3.63, 3.8) is 0 Å². The van der Waals surface area contributed by atoms with Crippen LogP contribution < -0.4 is 10.2 Å². The van der Waals surface area contributed by atoms with Crippen molar-refractivity contribution in [2.24, 2.45) is 0 Å². The Kier molecular flexibility index (Phi) is 7.37. The summed E-state index contributed by atoms with van der Waals surface area (Å²) in [5, 5.41) is 21.0. The number of nitrogens with one attached hydrogen (secondary N) is 1. The minimum absolute atomic E-state index is 0.143. The fraction of sp³-hybridized carbons (Fsp3) is 0.500. The Hall–Kier alpha value is -4.00. The maximum Gasteiger partial charge on any atom is 0.325 e. The van der Waals surface area contributed by atoms with Gasteiger partial charge in [-0.1, -0.05) is 0 Å². The van der Waals surface area contributed by atoms with Crippen LogP contribution >= 0.6 is 0 Å². The molecule has 0 unspecified atom stereocenters. The molecule has 2 aromatic heterocycles. The van der Waals surface area contributed by atoms with Crippen molar-refractivity contribution in [3.8, 4) is 11.1 Å². The van der Waals surface area contributed by atoms with Gasteiger partial charge in [-0.15, -0.1) is 0 Å². The van der Waals surface area contributed by atoms with Crippen LogP contribution in [-0.2, 0) is 35.5 Å². The van der Waals surface area contributed by atoms with E-state index in [1.54, 1.807) is 24.1 Å². The van der Waals surface area contributed by atoms with Crippen LogP contribution in [0.2, 0.25) is 0 Å². The van der Waals surface area contributed by atoms with Crippen molar-refractivity contribution in [3.05, 3.63) is 46.9 Å². The minimum atomic E-state index is -2.75. The summed E-state index contributed by atoms with van der Waals surface area (Å²) in [6.45, 7) is 2.55. The minimum Gasteiger partial charge on any atom is -0.480 e. The van der Waals surface area contributed by atoms with E-state index in [0.29, 0.717) is 68.3 Å². The smallest absolute Gasteiger partial charge is 0.325 e. The van der Waals surface area contributed by atoms with Gasteiger partial charge in [0.25, 0.3) is 6.43 Å². The monoisotopic (exact) mass is 569 g/mol. The molecule has 11 nitrogen and oxygen atoms in total. The number of benzene rings is 1. The van der Waals surface area contributed by atoms with E-state index in [2.05, 4.69) is 15.1 Å². The summed E-state index contributed by atoms with van der Waals surface area (Å²) in [7, 11) is 1.61. The number of carbonyl (C=O) groups excluding carboxylic acids is 1. The molecule has 0 bridgehead atoms. The van der Waals surface area contributed by atoms with Crippen molar-refractivity contribution in [2.75, 3.05) is 38.3 Å². The van der Waals surface area contributed by atoms with Gasteiger partial charge < -0.3 is 25.0 Å². The first-order valence-electron chi connectivity index (χ1n) is 14.0. The van der Waals surface area contributed by atoms with Crippen LogP contribution in [0, 0.1) is 0 Å². The summed E-state index contributed by atoms with van der Waals surface area (Å²) in [4.78, 5) is 27.5. The molecule has 1 saturated heterocycles. The largest absolute Gasteiger partial charge is 0.480 e. The maximum absolute atomic E-state index is 14.5. The molecule has 1 aromatic carbocycles. The first kappa shape index (κ1) is 27.2. The van der Waals surface area contributed by atoms with Gasteiger partial charge in [0.05, 0.1) is 18.8 Å². The predicted octanol–water partition coefficient (Wildman–Crippen LogP) is 3.90. The molecule has 3 aliphatic heterocycles. The molecular formula is C28H33F2N7O4. The fourth-order valence-electron chi connectivity index (χ4n) is 6.24. The second kappa shape index (κ2) is 11.1. The molecule has 0 spiro atoms. The molecule has 5 heterocycles. The number of nitrogens with zero attached hydrogens (tertiary/aromatic N) is 6. The number of carboxylic acid groups (broad SMARTS) is 1. The summed E-state index contributed by atoms with van der Waals surface area (Å²) in [6.07, 6.45) is 4.03. The van der Waals surface area contributed by atoms with Crippen LogP contribution in [-0.4, -0.2) is 74.9 Å². The Morgan fingerprint density at radius 1 is 1.20 bits per heavy atom. The molecule has 3 aromatic rings. The molecule has 13 heteroatoms. The third-order valence-electron chi connectivity index (χ3n) is 8.20. The number of aryl methyl sites for hydroxylation is 1. The molecule has 2 amide bonds. The van der Waals surface area contributed by atoms with Gasteiger partial charge in [-0.25, -0.2) is 13.6 Å². The van der Waals surface area contributed by atoms with Crippen molar-refractivity contribution < 1.29 is 28.2 Å². The second-order valence-corrected chi connectivity index (χ2v) is 10.7. The number of amides is 2. The summed E-state index contributed by atoms with van der Waals surface area (Å²) >= 11 is 0. The van der Waals surface area contributed by atoms with E-state index in [0.717, 1.165) is 36.1 Å². The molecule has 1 fully saturated rings. The van der Waals surface area contributed by atoms with Gasteiger partial charge in [0.1, 0.15) is 6.54 Å². The van der Waals surface area contributed by atoms with E-state index in [1.165, 1.54) is 17.1 Å². The number of ether oxygens (including phenoxy) is 1. The zero-order valence-corrected chi connectivity index (χ0v) is 22.9. The zero-order chi connectivity index (χ0) is 28.7. The zero-order valence-electron chi connectivity index (χ0n) is 22.9. The molecule has 0 radical (unpaired) electrons. The number of aliphatic carboxylic acids is 1. The number of carboxylic acids is 1. The van der Waals surface area contributed by atoms with Crippen molar-refractivity contribution in [2.45, 2.75) is 57.7 Å². The first-order valence-corrected chi connectivity index (χ1v) is 14.0. The van der Waals surface area contributed by atoms with Crippen LogP contribution in [0.3, 0.4) is 0 Å². The Morgan fingerprint density at radius 3 is 2.73 bits per heavy atom. The second-order valence-electron chi connectivity index (χ2n) is 10.7. The highest BCUT2D eigenvalue weighted by Crippen LogP contribution is 2.43. The van der Waals surface area contributed by atoms with Gasteiger partial charge in [0.2, 0.25) is 0 Å². The number of aromatic nitrogens is 4. The van der Waals surface area contributed by atoms with Gasteiger partial charge in [-0.2, -0.15) is 10.2 Å². The Labute approximate surface area is 235 Å². The van der Waals surface area contributed by atoms with Crippen LogP contribution in [0.4, 0.5) is 25.1 Å². The third kappa shape index (κ3) is 5.14. The van der Waals surface area contributed by atoms with E-state index >= 15 is 0 Å². The maximum atomic E-state index is 14.5. The Morgan fingerprint density at radius 2 is 2.00 bits per heavy atom. The highest BCUT2D eigenvalue weighted by Gasteiger charge is 2.34. The normalized spacial score (nSPS) is 17.5. The fourth-order valence-corrected chi connectivity index (χ4v) is 6.24. The van der Waals surface area contributed by atoms with E-state index in [9.17, 15) is 18.4 Å². The van der Waals surface area contributed by atoms with Crippen LogP contribution in [0.5, 0.6) is 0 Å². The standard InChI is InChI=1S/C28H33F2N7O4/c1-31-28(40)34-8-4-23-22(15-34)27(33-37(23)19-5-9-41-10-6-19)36-7-2-3-17-11-20(21(26(29)30)12-24(17)36)18-13-32-35(14-18)16-25(38)39/h11-14,19,26H,2-10,15-16H2,1H3,(H,31,40)(H,38,39). The average molecular weight is 570 g/mol. The molecule has 41 heavy (non-hydrogen) atoms. The molecule has 6 rings (SSSR count). The van der Waals surface area contributed by atoms with Gasteiger partial charge in [-0.3, -0.25) is 14.2 Å². The molecule has 0 saturated carbocycles. The average Bonchev–Trinajstić information content (AvgIpc) is 3.60. The number of anilines is 2. The number of halogens is 2.